The number of ketones is 1. The fraction of sp³-hybridized carbons (Fsp3) is 0.750. The third-order valence-electron chi connectivity index (χ3n) is 1.46. The molecule has 0 aliphatic heterocycles. The monoisotopic (exact) mass is 246 g/mol. The smallest absolute Gasteiger partial charge is 0.313 e. The van der Waals surface area contributed by atoms with Crippen molar-refractivity contribution in [2.45, 2.75) is 47.0 Å². The maximum atomic E-state index is 10.4. The summed E-state index contributed by atoms with van der Waals surface area (Å²) >= 11 is 0. The van der Waals surface area contributed by atoms with Gasteiger partial charge in [0.25, 0.3) is 0 Å². The Morgan fingerprint density at radius 1 is 0.882 bits per heavy atom. The standard InChI is InChI=1S/C6H10O3.C6H12O2/c1-3-9-6(8)4-5(2)7;1-3-5-6(7)8-4-2/h3-4H2,1-2H3;3-5H2,1-2H3. The SMILES string of the molecule is CCCC(=O)OCC.CCOC(=O)CC(C)=O. The molecule has 0 radical (unpaired) electrons. The summed E-state index contributed by atoms with van der Waals surface area (Å²) in [5.41, 5.74) is 0. The largest absolute Gasteiger partial charge is 0.466 e. The summed E-state index contributed by atoms with van der Waals surface area (Å²) in [5.74, 6) is -0.687. The summed E-state index contributed by atoms with van der Waals surface area (Å²) < 4.78 is 9.14. The first-order chi connectivity index (χ1) is 7.97. The second-order valence-corrected chi connectivity index (χ2v) is 3.24. The molecule has 0 aromatic rings. The van der Waals surface area contributed by atoms with Crippen LogP contribution < -0.4 is 0 Å². The minimum Gasteiger partial charge on any atom is -0.466 e. The van der Waals surface area contributed by atoms with E-state index in [-0.39, 0.29) is 18.2 Å². The summed E-state index contributed by atoms with van der Waals surface area (Å²) in [6.07, 6.45) is 1.32. The Morgan fingerprint density at radius 2 is 1.35 bits per heavy atom. The molecule has 0 aromatic carbocycles. The summed E-state index contributed by atoms with van der Waals surface area (Å²) in [7, 11) is 0. The molecule has 0 aromatic heterocycles. The van der Waals surface area contributed by atoms with Crippen molar-refractivity contribution in [2.24, 2.45) is 0 Å². The summed E-state index contributed by atoms with van der Waals surface area (Å²) in [6.45, 7) is 7.67. The van der Waals surface area contributed by atoms with Gasteiger partial charge in [0.05, 0.1) is 13.2 Å². The molecule has 17 heavy (non-hydrogen) atoms. The van der Waals surface area contributed by atoms with Gasteiger partial charge in [0.15, 0.2) is 0 Å². The molecule has 5 nitrogen and oxygen atoms in total. The van der Waals surface area contributed by atoms with E-state index in [4.69, 9.17) is 0 Å². The van der Waals surface area contributed by atoms with Crippen LogP contribution in [-0.4, -0.2) is 30.9 Å². The minimum atomic E-state index is -0.440. The van der Waals surface area contributed by atoms with Crippen molar-refractivity contribution < 1.29 is 23.9 Å². The van der Waals surface area contributed by atoms with Gasteiger partial charge in [-0.05, 0) is 27.2 Å². The van der Waals surface area contributed by atoms with E-state index in [0.717, 1.165) is 6.42 Å². The molecule has 0 amide bonds. The average Bonchev–Trinajstić information content (AvgIpc) is 2.18. The molecule has 0 heterocycles. The zero-order chi connectivity index (χ0) is 13.7. The quantitative estimate of drug-likeness (QED) is 0.528. The van der Waals surface area contributed by atoms with E-state index >= 15 is 0 Å². The normalized spacial score (nSPS) is 8.71. The van der Waals surface area contributed by atoms with Gasteiger partial charge >= 0.3 is 11.9 Å². The van der Waals surface area contributed by atoms with Crippen molar-refractivity contribution in [3.63, 3.8) is 0 Å². The molecule has 100 valence electrons. The van der Waals surface area contributed by atoms with Gasteiger partial charge in [0, 0.05) is 6.42 Å². The number of ether oxygens (including phenoxy) is 2. The van der Waals surface area contributed by atoms with Gasteiger partial charge in [-0.15, -0.1) is 0 Å². The molecule has 0 saturated heterocycles. The van der Waals surface area contributed by atoms with Gasteiger partial charge < -0.3 is 9.47 Å². The fourth-order valence-corrected chi connectivity index (χ4v) is 0.853. The third-order valence-corrected chi connectivity index (χ3v) is 1.46. The van der Waals surface area contributed by atoms with E-state index < -0.39 is 5.97 Å². The third kappa shape index (κ3) is 17.2. The first-order valence-corrected chi connectivity index (χ1v) is 5.78. The molecular weight excluding hydrogens is 224 g/mol. The van der Waals surface area contributed by atoms with Gasteiger partial charge in [-0.2, -0.15) is 0 Å². The van der Waals surface area contributed by atoms with Crippen LogP contribution in [0.15, 0.2) is 0 Å². The first-order valence-electron chi connectivity index (χ1n) is 5.78. The molecule has 0 N–H and O–H groups in total. The molecule has 0 rings (SSSR count). The van der Waals surface area contributed by atoms with E-state index in [1.165, 1.54) is 6.92 Å². The van der Waals surface area contributed by atoms with Crippen LogP contribution in [0.5, 0.6) is 0 Å². The number of carbonyl (C=O) groups excluding carboxylic acids is 3. The number of carbonyl (C=O) groups is 3. The highest BCUT2D eigenvalue weighted by atomic mass is 16.5. The molecular formula is C12H22O5. The van der Waals surface area contributed by atoms with Crippen molar-refractivity contribution in [3.05, 3.63) is 0 Å². The van der Waals surface area contributed by atoms with E-state index in [0.29, 0.717) is 19.6 Å². The maximum Gasteiger partial charge on any atom is 0.313 e. The van der Waals surface area contributed by atoms with Crippen molar-refractivity contribution in [3.8, 4) is 0 Å². The second-order valence-electron chi connectivity index (χ2n) is 3.24. The van der Waals surface area contributed by atoms with Crippen LogP contribution >= 0.6 is 0 Å². The molecule has 0 spiro atoms. The van der Waals surface area contributed by atoms with E-state index in [2.05, 4.69) is 9.47 Å². The van der Waals surface area contributed by atoms with E-state index in [1.54, 1.807) is 6.92 Å². The number of esters is 2. The van der Waals surface area contributed by atoms with Gasteiger partial charge in [-0.1, -0.05) is 6.92 Å². The molecule has 0 fully saturated rings. The average molecular weight is 246 g/mol. The molecule has 0 atom stereocenters. The lowest BCUT2D eigenvalue weighted by Crippen LogP contribution is -2.07. The minimum absolute atomic E-state index is 0.0880. The Labute approximate surface area is 102 Å². The van der Waals surface area contributed by atoms with Crippen LogP contribution in [0.2, 0.25) is 0 Å². The van der Waals surface area contributed by atoms with Gasteiger partial charge in [-0.25, -0.2) is 0 Å². The highest BCUT2D eigenvalue weighted by Gasteiger charge is 2.03. The topological polar surface area (TPSA) is 69.7 Å². The molecule has 0 saturated carbocycles. The van der Waals surface area contributed by atoms with Crippen molar-refractivity contribution in [1.29, 1.82) is 0 Å². The van der Waals surface area contributed by atoms with Crippen LogP contribution in [0, 0.1) is 0 Å². The summed E-state index contributed by atoms with van der Waals surface area (Å²) in [4.78, 5) is 31.1. The van der Waals surface area contributed by atoms with Crippen molar-refractivity contribution in [2.75, 3.05) is 13.2 Å². The lowest BCUT2D eigenvalue weighted by molar-refractivity contribution is -0.145. The maximum absolute atomic E-state index is 10.4. The Hall–Kier alpha value is -1.39. The first kappa shape index (κ1) is 18.0. The highest BCUT2D eigenvalue weighted by Crippen LogP contribution is 1.89. The van der Waals surface area contributed by atoms with Crippen LogP contribution in [0.25, 0.3) is 0 Å². The molecule has 5 heteroatoms. The predicted molar refractivity (Wildman–Crippen MR) is 63.5 cm³/mol. The predicted octanol–water partition coefficient (Wildman–Crippen LogP) is 1.88. The summed E-state index contributed by atoms with van der Waals surface area (Å²) in [6, 6.07) is 0. The zero-order valence-corrected chi connectivity index (χ0v) is 11.1. The Morgan fingerprint density at radius 3 is 1.71 bits per heavy atom. The zero-order valence-electron chi connectivity index (χ0n) is 11.1. The summed E-state index contributed by atoms with van der Waals surface area (Å²) in [5, 5.41) is 0. The Bertz CT molecular complexity index is 227. The highest BCUT2D eigenvalue weighted by molar-refractivity contribution is 5.94. The number of rotatable bonds is 6. The number of Topliss-reactive ketones (excluding diaryl/α,β-unsaturated/α-hetero) is 1. The van der Waals surface area contributed by atoms with Crippen LogP contribution in [0.1, 0.15) is 47.0 Å². The Balaban J connectivity index is 0. The second kappa shape index (κ2) is 12.7. The van der Waals surface area contributed by atoms with Crippen LogP contribution in [0.3, 0.4) is 0 Å². The number of hydrogen-bond acceptors (Lipinski definition) is 5. The van der Waals surface area contributed by atoms with Crippen LogP contribution in [-0.2, 0) is 23.9 Å². The fourth-order valence-electron chi connectivity index (χ4n) is 0.853. The molecule has 0 unspecified atom stereocenters. The van der Waals surface area contributed by atoms with Gasteiger partial charge in [0.2, 0.25) is 0 Å². The van der Waals surface area contributed by atoms with Gasteiger partial charge in [-0.3, -0.25) is 14.4 Å². The van der Waals surface area contributed by atoms with Crippen molar-refractivity contribution >= 4 is 17.7 Å². The lowest BCUT2D eigenvalue weighted by Gasteiger charge is -1.96. The molecule has 0 aliphatic carbocycles. The van der Waals surface area contributed by atoms with E-state index in [1.807, 2.05) is 13.8 Å². The molecule has 0 bridgehead atoms. The Kier molecular flexibility index (Phi) is 13.4. The molecule has 0 aliphatic rings. The van der Waals surface area contributed by atoms with E-state index in [9.17, 15) is 14.4 Å². The van der Waals surface area contributed by atoms with Gasteiger partial charge in [0.1, 0.15) is 12.2 Å². The number of hydrogen-bond donors (Lipinski definition) is 0. The van der Waals surface area contributed by atoms with Crippen LogP contribution in [0.4, 0.5) is 0 Å². The van der Waals surface area contributed by atoms with Crippen molar-refractivity contribution in [1.82, 2.24) is 0 Å². The lowest BCUT2D eigenvalue weighted by atomic mass is 10.3.